The van der Waals surface area contributed by atoms with Crippen LogP contribution in [0.2, 0.25) is 0 Å². The van der Waals surface area contributed by atoms with E-state index in [-0.39, 0.29) is 17.7 Å². The summed E-state index contributed by atoms with van der Waals surface area (Å²) in [6.45, 7) is 6.14. The first-order valence-electron chi connectivity index (χ1n) is 11.2. The molecule has 2 aromatic heterocycles. The number of hydrogen-bond acceptors (Lipinski definition) is 8. The van der Waals surface area contributed by atoms with E-state index in [2.05, 4.69) is 21.9 Å². The summed E-state index contributed by atoms with van der Waals surface area (Å²) < 4.78 is 11.3. The minimum Gasteiger partial charge on any atom is -0.494 e. The van der Waals surface area contributed by atoms with Gasteiger partial charge in [0.05, 0.1) is 30.9 Å². The highest BCUT2D eigenvalue weighted by Gasteiger charge is 2.59. The molecule has 4 heterocycles. The largest absolute Gasteiger partial charge is 0.494 e. The molecule has 1 amide bonds. The van der Waals surface area contributed by atoms with Crippen molar-refractivity contribution >= 4 is 17.3 Å². The predicted molar refractivity (Wildman–Crippen MR) is 122 cm³/mol. The van der Waals surface area contributed by atoms with E-state index >= 15 is 0 Å². The third-order valence-electron chi connectivity index (χ3n) is 6.70. The van der Waals surface area contributed by atoms with Gasteiger partial charge in [0.2, 0.25) is 5.88 Å². The van der Waals surface area contributed by atoms with Gasteiger partial charge >= 0.3 is 0 Å². The fourth-order valence-electron chi connectivity index (χ4n) is 4.83. The van der Waals surface area contributed by atoms with E-state index in [0.29, 0.717) is 23.1 Å². The summed E-state index contributed by atoms with van der Waals surface area (Å²) in [5.74, 6) is 1.38. The van der Waals surface area contributed by atoms with E-state index in [0.717, 1.165) is 50.9 Å². The zero-order valence-corrected chi connectivity index (χ0v) is 18.6. The van der Waals surface area contributed by atoms with Crippen molar-refractivity contribution in [2.75, 3.05) is 30.0 Å². The first kappa shape index (κ1) is 21.2. The average molecular weight is 447 g/mol. The van der Waals surface area contributed by atoms with Crippen molar-refractivity contribution in [3.8, 4) is 17.7 Å². The second-order valence-corrected chi connectivity index (χ2v) is 8.56. The van der Waals surface area contributed by atoms with Gasteiger partial charge in [-0.05, 0) is 51.3 Å². The molecular formula is C24H26N6O3. The monoisotopic (exact) mass is 446 g/mol. The van der Waals surface area contributed by atoms with Crippen molar-refractivity contribution < 1.29 is 14.3 Å². The van der Waals surface area contributed by atoms with Gasteiger partial charge in [-0.3, -0.25) is 9.69 Å². The number of nitrogens with zero attached hydrogens (tertiary/aromatic N) is 5. The Morgan fingerprint density at radius 1 is 1.21 bits per heavy atom. The molecule has 1 aliphatic carbocycles. The number of rotatable bonds is 5. The van der Waals surface area contributed by atoms with Crippen LogP contribution in [0.3, 0.4) is 0 Å². The molecule has 3 fully saturated rings. The van der Waals surface area contributed by atoms with Gasteiger partial charge in [0.1, 0.15) is 23.5 Å². The van der Waals surface area contributed by atoms with Crippen LogP contribution in [-0.4, -0.2) is 47.7 Å². The maximum Gasteiger partial charge on any atom is 0.259 e. The lowest BCUT2D eigenvalue weighted by Gasteiger charge is -2.43. The zero-order chi connectivity index (χ0) is 23.0. The highest BCUT2D eigenvalue weighted by Crippen LogP contribution is 2.50. The van der Waals surface area contributed by atoms with Crippen molar-refractivity contribution in [3.05, 3.63) is 48.7 Å². The van der Waals surface area contributed by atoms with Gasteiger partial charge in [0, 0.05) is 12.1 Å². The van der Waals surface area contributed by atoms with Crippen LogP contribution in [-0.2, 0) is 4.79 Å². The van der Waals surface area contributed by atoms with Gasteiger partial charge in [0.15, 0.2) is 11.4 Å². The number of hydrogen-bond donors (Lipinski definition) is 1. The Labute approximate surface area is 192 Å². The molecule has 9 heteroatoms. The molecule has 1 saturated carbocycles. The molecule has 1 spiro atoms. The van der Waals surface area contributed by atoms with Crippen LogP contribution in [0.1, 0.15) is 37.8 Å². The van der Waals surface area contributed by atoms with E-state index in [4.69, 9.17) is 9.47 Å². The second kappa shape index (κ2) is 8.37. The van der Waals surface area contributed by atoms with Crippen LogP contribution in [0.4, 0.5) is 11.4 Å². The molecule has 1 N–H and O–H groups in total. The van der Waals surface area contributed by atoms with Crippen molar-refractivity contribution in [1.29, 1.82) is 5.26 Å². The topological polar surface area (TPSA) is 104 Å². The van der Waals surface area contributed by atoms with Crippen LogP contribution >= 0.6 is 0 Å². The Hall–Kier alpha value is -3.64. The van der Waals surface area contributed by atoms with Gasteiger partial charge in [-0.25, -0.2) is 9.97 Å². The van der Waals surface area contributed by atoms with Gasteiger partial charge in [-0.2, -0.15) is 5.26 Å². The molecule has 33 heavy (non-hydrogen) atoms. The Bertz CT molecular complexity index is 1120. The maximum atomic E-state index is 13.6. The van der Waals surface area contributed by atoms with Gasteiger partial charge < -0.3 is 19.7 Å². The van der Waals surface area contributed by atoms with Crippen molar-refractivity contribution in [3.63, 3.8) is 0 Å². The van der Waals surface area contributed by atoms with E-state index in [1.165, 1.54) is 13.3 Å². The lowest BCUT2D eigenvalue weighted by molar-refractivity contribution is -0.123. The number of nitrogens with one attached hydrogen (secondary N) is 1. The molecule has 9 nitrogen and oxygen atoms in total. The molecule has 0 unspecified atom stereocenters. The normalized spacial score (nSPS) is 20.0. The molecule has 0 aromatic carbocycles. The van der Waals surface area contributed by atoms with Crippen LogP contribution in [0.25, 0.3) is 0 Å². The molecule has 2 aromatic rings. The standard InChI is InChI=1S/C24H26N6O3/c1-16-29(18-12-21(32-2)20(13-25)27-15-18)23(31)24(8-3-9-24)30(16)17-4-5-22(28-14-17)33-19-6-10-26-11-7-19/h4-5,12,14-15,19,26H,1,3,6-11H2,2H3. The molecule has 5 rings (SSSR count). The quantitative estimate of drug-likeness (QED) is 0.748. The molecular weight excluding hydrogens is 420 g/mol. The minimum absolute atomic E-state index is 0.0534. The number of aromatic nitrogens is 2. The van der Waals surface area contributed by atoms with Gasteiger partial charge in [0.25, 0.3) is 5.91 Å². The van der Waals surface area contributed by atoms with Gasteiger partial charge in [-0.15, -0.1) is 0 Å². The summed E-state index contributed by atoms with van der Waals surface area (Å²) in [4.78, 5) is 25.9. The number of piperidine rings is 1. The van der Waals surface area contributed by atoms with Crippen molar-refractivity contribution in [1.82, 2.24) is 15.3 Å². The lowest BCUT2D eigenvalue weighted by atomic mass is 9.75. The van der Waals surface area contributed by atoms with Crippen LogP contribution in [0.5, 0.6) is 11.6 Å². The molecule has 2 saturated heterocycles. The number of ether oxygens (including phenoxy) is 2. The second-order valence-electron chi connectivity index (χ2n) is 8.56. The highest BCUT2D eigenvalue weighted by atomic mass is 16.5. The number of carbonyl (C=O) groups excluding carboxylic acids is 1. The summed E-state index contributed by atoms with van der Waals surface area (Å²) in [6, 6.07) is 7.44. The third kappa shape index (κ3) is 3.47. The first-order valence-corrected chi connectivity index (χ1v) is 11.2. The number of methoxy groups -OCH3 is 1. The Morgan fingerprint density at radius 3 is 2.58 bits per heavy atom. The summed E-state index contributed by atoms with van der Waals surface area (Å²) in [7, 11) is 1.47. The molecule has 0 atom stereocenters. The Kier molecular flexibility index (Phi) is 5.38. The summed E-state index contributed by atoms with van der Waals surface area (Å²) in [6.07, 6.45) is 7.76. The maximum absolute atomic E-state index is 13.6. The predicted octanol–water partition coefficient (Wildman–Crippen LogP) is 2.73. The number of nitriles is 1. The van der Waals surface area contributed by atoms with E-state index < -0.39 is 5.54 Å². The van der Waals surface area contributed by atoms with Crippen LogP contribution < -0.4 is 24.6 Å². The molecule has 3 aliphatic rings. The summed E-state index contributed by atoms with van der Waals surface area (Å²) in [5.41, 5.74) is 0.801. The van der Waals surface area contributed by atoms with Crippen molar-refractivity contribution in [2.45, 2.75) is 43.7 Å². The fourth-order valence-corrected chi connectivity index (χ4v) is 4.83. The molecule has 170 valence electrons. The number of carbonyl (C=O) groups is 1. The van der Waals surface area contributed by atoms with E-state index in [9.17, 15) is 10.1 Å². The van der Waals surface area contributed by atoms with Crippen LogP contribution in [0, 0.1) is 11.3 Å². The Morgan fingerprint density at radius 2 is 1.97 bits per heavy atom. The smallest absolute Gasteiger partial charge is 0.259 e. The van der Waals surface area contributed by atoms with Gasteiger partial charge in [-0.1, -0.05) is 6.58 Å². The molecule has 2 aliphatic heterocycles. The highest BCUT2D eigenvalue weighted by molar-refractivity contribution is 6.10. The van der Waals surface area contributed by atoms with E-state index in [1.54, 1.807) is 17.2 Å². The average Bonchev–Trinajstić information content (AvgIpc) is 3.06. The fraction of sp³-hybridized carbons (Fsp3) is 0.417. The summed E-state index contributed by atoms with van der Waals surface area (Å²) in [5, 5.41) is 12.6. The number of pyridine rings is 2. The van der Waals surface area contributed by atoms with Crippen LogP contribution in [0.15, 0.2) is 43.0 Å². The summed E-state index contributed by atoms with van der Waals surface area (Å²) >= 11 is 0. The van der Waals surface area contributed by atoms with E-state index in [1.807, 2.05) is 23.1 Å². The lowest BCUT2D eigenvalue weighted by Crippen LogP contribution is -2.54. The Balaban J connectivity index is 1.44. The third-order valence-corrected chi connectivity index (χ3v) is 6.70. The SMILES string of the molecule is C=C1N(c2cnc(C#N)c(OC)c2)C(=O)C2(CCC2)N1c1ccc(OC2CCNCC2)nc1. The van der Waals surface area contributed by atoms with Crippen molar-refractivity contribution in [2.24, 2.45) is 0 Å². The number of anilines is 2. The zero-order valence-electron chi connectivity index (χ0n) is 18.6. The minimum atomic E-state index is -0.683. The molecule has 0 bridgehead atoms. The molecule has 0 radical (unpaired) electrons. The number of amides is 1. The first-order chi connectivity index (χ1) is 16.1.